The van der Waals surface area contributed by atoms with Gasteiger partial charge in [-0.1, -0.05) is 49.6 Å². The molecule has 0 aliphatic rings. The predicted molar refractivity (Wildman–Crippen MR) is 73.2 cm³/mol. The number of hydrogen-bond donors (Lipinski definition) is 1. The molecule has 2 N–H and O–H groups in total. The van der Waals surface area contributed by atoms with Crippen molar-refractivity contribution >= 4 is 22.5 Å². The Labute approximate surface area is 107 Å². The summed E-state index contributed by atoms with van der Waals surface area (Å²) in [5.41, 5.74) is 8.03. The first-order chi connectivity index (χ1) is 8.22. The van der Waals surface area contributed by atoms with Gasteiger partial charge in [0.1, 0.15) is 5.15 Å². The molecule has 17 heavy (non-hydrogen) atoms. The third kappa shape index (κ3) is 2.76. The van der Waals surface area contributed by atoms with E-state index in [9.17, 15) is 0 Å². The van der Waals surface area contributed by atoms with Crippen molar-refractivity contribution in [1.29, 1.82) is 0 Å². The molecule has 0 unspecified atom stereocenters. The minimum atomic E-state index is -0.0143. The summed E-state index contributed by atoms with van der Waals surface area (Å²) < 4.78 is 0. The van der Waals surface area contributed by atoms with E-state index in [1.807, 2.05) is 24.3 Å². The van der Waals surface area contributed by atoms with Gasteiger partial charge in [0.05, 0.1) is 5.52 Å². The monoisotopic (exact) mass is 248 g/mol. The average Bonchev–Trinajstić information content (AvgIpc) is 2.35. The van der Waals surface area contributed by atoms with E-state index in [1.54, 1.807) is 0 Å². The normalized spacial score (nSPS) is 12.9. The highest BCUT2D eigenvalue weighted by Crippen LogP contribution is 2.27. The van der Waals surface area contributed by atoms with Crippen molar-refractivity contribution in [1.82, 2.24) is 4.98 Å². The number of pyridine rings is 1. The molecule has 1 atom stereocenters. The molecule has 1 aromatic heterocycles. The maximum atomic E-state index is 6.19. The Kier molecular flexibility index (Phi) is 3.97. The Morgan fingerprint density at radius 3 is 2.88 bits per heavy atom. The van der Waals surface area contributed by atoms with Gasteiger partial charge in [-0.15, -0.1) is 0 Å². The molecule has 0 saturated carbocycles. The molecular formula is C14H17ClN2. The molecule has 3 heteroatoms. The number of benzene rings is 1. The van der Waals surface area contributed by atoms with Gasteiger partial charge in [-0.2, -0.15) is 0 Å². The molecule has 90 valence electrons. The van der Waals surface area contributed by atoms with Gasteiger partial charge in [-0.05, 0) is 18.6 Å². The largest absolute Gasteiger partial charge is 0.324 e. The molecule has 0 fully saturated rings. The first-order valence-electron chi connectivity index (χ1n) is 6.03. The molecular weight excluding hydrogens is 232 g/mol. The molecule has 0 bridgehead atoms. The molecule has 0 radical (unpaired) electrons. The number of nitrogens with two attached hydrogens (primary N) is 1. The van der Waals surface area contributed by atoms with Gasteiger partial charge in [0, 0.05) is 17.0 Å². The van der Waals surface area contributed by atoms with E-state index in [0.717, 1.165) is 35.7 Å². The zero-order valence-electron chi connectivity index (χ0n) is 9.99. The Balaban J connectivity index is 2.36. The topological polar surface area (TPSA) is 38.9 Å². The molecule has 0 aliphatic heterocycles. The number of halogens is 1. The molecule has 1 heterocycles. The maximum absolute atomic E-state index is 6.19. The highest BCUT2D eigenvalue weighted by molar-refractivity contribution is 6.30. The first kappa shape index (κ1) is 12.3. The van der Waals surface area contributed by atoms with E-state index in [4.69, 9.17) is 17.3 Å². The fourth-order valence-electron chi connectivity index (χ4n) is 1.95. The molecule has 0 aliphatic carbocycles. The van der Waals surface area contributed by atoms with Gasteiger partial charge in [-0.25, -0.2) is 4.98 Å². The van der Waals surface area contributed by atoms with Crippen LogP contribution in [0.3, 0.4) is 0 Å². The summed E-state index contributed by atoms with van der Waals surface area (Å²) in [6, 6.07) is 10.0. The number of fused-ring (bicyclic) bond motifs is 1. The van der Waals surface area contributed by atoms with Gasteiger partial charge >= 0.3 is 0 Å². The van der Waals surface area contributed by atoms with Crippen LogP contribution < -0.4 is 5.73 Å². The lowest BCUT2D eigenvalue weighted by Gasteiger charge is -2.13. The minimum Gasteiger partial charge on any atom is -0.324 e. The maximum Gasteiger partial charge on any atom is 0.134 e. The third-order valence-corrected chi connectivity index (χ3v) is 3.28. The van der Waals surface area contributed by atoms with E-state index >= 15 is 0 Å². The van der Waals surface area contributed by atoms with Crippen LogP contribution >= 0.6 is 11.6 Å². The van der Waals surface area contributed by atoms with Crippen LogP contribution in [0.15, 0.2) is 30.3 Å². The van der Waals surface area contributed by atoms with Gasteiger partial charge in [0.2, 0.25) is 0 Å². The molecule has 0 amide bonds. The summed E-state index contributed by atoms with van der Waals surface area (Å²) in [5.74, 6) is 0. The lowest BCUT2D eigenvalue weighted by atomic mass is 10.0. The Bertz CT molecular complexity index is 511. The van der Waals surface area contributed by atoms with E-state index < -0.39 is 0 Å². The summed E-state index contributed by atoms with van der Waals surface area (Å²) >= 11 is 6.19. The van der Waals surface area contributed by atoms with Crippen LogP contribution in [0.2, 0.25) is 5.15 Å². The summed E-state index contributed by atoms with van der Waals surface area (Å²) in [4.78, 5) is 4.39. The lowest BCUT2D eigenvalue weighted by Crippen LogP contribution is -2.11. The Hall–Kier alpha value is -1.12. The number of hydrogen-bond acceptors (Lipinski definition) is 2. The van der Waals surface area contributed by atoms with E-state index in [2.05, 4.69) is 18.0 Å². The SMILES string of the molecule is CCCC[C@@H](N)c1cc2ccccc2nc1Cl. The van der Waals surface area contributed by atoms with Gasteiger partial charge in [0.15, 0.2) is 0 Å². The standard InChI is InChI=1S/C14H17ClN2/c1-2-3-7-12(16)11-9-10-6-4-5-8-13(10)17-14(11)15/h4-6,8-9,12H,2-3,7,16H2,1H3/t12-/m1/s1. The molecule has 2 rings (SSSR count). The number of para-hydroxylation sites is 1. The van der Waals surface area contributed by atoms with Gasteiger partial charge < -0.3 is 5.73 Å². The fraction of sp³-hybridized carbons (Fsp3) is 0.357. The van der Waals surface area contributed by atoms with Crippen molar-refractivity contribution in [3.8, 4) is 0 Å². The van der Waals surface area contributed by atoms with Crippen LogP contribution in [0.1, 0.15) is 37.8 Å². The Morgan fingerprint density at radius 2 is 2.12 bits per heavy atom. The van der Waals surface area contributed by atoms with Crippen molar-refractivity contribution in [3.05, 3.63) is 41.0 Å². The van der Waals surface area contributed by atoms with Crippen molar-refractivity contribution < 1.29 is 0 Å². The molecule has 2 nitrogen and oxygen atoms in total. The Morgan fingerprint density at radius 1 is 1.35 bits per heavy atom. The summed E-state index contributed by atoms with van der Waals surface area (Å²) in [6.45, 7) is 2.16. The van der Waals surface area contributed by atoms with Crippen LogP contribution in [-0.2, 0) is 0 Å². The van der Waals surface area contributed by atoms with Crippen LogP contribution in [0.4, 0.5) is 0 Å². The van der Waals surface area contributed by atoms with Gasteiger partial charge in [-0.3, -0.25) is 0 Å². The lowest BCUT2D eigenvalue weighted by molar-refractivity contribution is 0.603. The minimum absolute atomic E-state index is 0.0143. The quantitative estimate of drug-likeness (QED) is 0.828. The number of unbranched alkanes of at least 4 members (excludes halogenated alkanes) is 1. The zero-order chi connectivity index (χ0) is 12.3. The number of nitrogens with zero attached hydrogens (tertiary/aromatic N) is 1. The summed E-state index contributed by atoms with van der Waals surface area (Å²) in [6.07, 6.45) is 3.22. The molecule has 1 aromatic carbocycles. The smallest absolute Gasteiger partial charge is 0.134 e. The molecule has 2 aromatic rings. The highest BCUT2D eigenvalue weighted by atomic mass is 35.5. The number of aromatic nitrogens is 1. The van der Waals surface area contributed by atoms with Crippen LogP contribution in [0.5, 0.6) is 0 Å². The van der Waals surface area contributed by atoms with Crippen LogP contribution in [0.25, 0.3) is 10.9 Å². The molecule has 0 spiro atoms. The van der Waals surface area contributed by atoms with Crippen molar-refractivity contribution in [2.75, 3.05) is 0 Å². The van der Waals surface area contributed by atoms with Crippen molar-refractivity contribution in [2.45, 2.75) is 32.2 Å². The third-order valence-electron chi connectivity index (χ3n) is 2.97. The summed E-state index contributed by atoms with van der Waals surface area (Å²) in [5, 5.41) is 1.63. The van der Waals surface area contributed by atoms with Crippen molar-refractivity contribution in [2.24, 2.45) is 5.73 Å². The van der Waals surface area contributed by atoms with Crippen LogP contribution in [-0.4, -0.2) is 4.98 Å². The second-order valence-corrected chi connectivity index (χ2v) is 4.67. The molecule has 0 saturated heterocycles. The van der Waals surface area contributed by atoms with Crippen LogP contribution in [0, 0.1) is 0 Å². The average molecular weight is 249 g/mol. The van der Waals surface area contributed by atoms with E-state index in [1.165, 1.54) is 0 Å². The summed E-state index contributed by atoms with van der Waals surface area (Å²) in [7, 11) is 0. The van der Waals surface area contributed by atoms with E-state index in [0.29, 0.717) is 5.15 Å². The number of rotatable bonds is 4. The fourth-order valence-corrected chi connectivity index (χ4v) is 2.23. The van der Waals surface area contributed by atoms with E-state index in [-0.39, 0.29) is 6.04 Å². The second-order valence-electron chi connectivity index (χ2n) is 4.31. The predicted octanol–water partition coefficient (Wildman–Crippen LogP) is 4.08. The highest BCUT2D eigenvalue weighted by Gasteiger charge is 2.12. The first-order valence-corrected chi connectivity index (χ1v) is 6.41. The van der Waals surface area contributed by atoms with Crippen molar-refractivity contribution in [3.63, 3.8) is 0 Å². The second kappa shape index (κ2) is 5.48. The zero-order valence-corrected chi connectivity index (χ0v) is 10.7. The van der Waals surface area contributed by atoms with Gasteiger partial charge in [0.25, 0.3) is 0 Å².